The van der Waals surface area contributed by atoms with Crippen LogP contribution in [-0.4, -0.2) is 49.6 Å². The molecule has 0 bridgehead atoms. The first-order valence-electron chi connectivity index (χ1n) is 7.91. The van der Waals surface area contributed by atoms with Gasteiger partial charge < -0.3 is 15.2 Å². The maximum absolute atomic E-state index is 11.9. The number of anilines is 1. The standard InChI is InChI=1S/C18H20N2O6S/c1-20(27(2,24)25)11-13-3-9-16(10-4-13)26-12-17(21)19-15-7-5-14(6-8-15)18(22)23/h3-10H,11-12H2,1-2H3,(H,19,21)(H,22,23). The lowest BCUT2D eigenvalue weighted by molar-refractivity contribution is -0.118. The lowest BCUT2D eigenvalue weighted by Crippen LogP contribution is -2.24. The van der Waals surface area contributed by atoms with Gasteiger partial charge in [-0.15, -0.1) is 0 Å². The second-order valence-electron chi connectivity index (χ2n) is 5.88. The summed E-state index contributed by atoms with van der Waals surface area (Å²) in [6.45, 7) is 0.0230. The Morgan fingerprint density at radius 3 is 2.19 bits per heavy atom. The minimum absolute atomic E-state index is 0.130. The lowest BCUT2D eigenvalue weighted by atomic mass is 10.2. The van der Waals surface area contributed by atoms with Crippen molar-refractivity contribution in [2.45, 2.75) is 6.54 Å². The molecule has 27 heavy (non-hydrogen) atoms. The zero-order valence-electron chi connectivity index (χ0n) is 14.9. The first kappa shape index (κ1) is 20.4. The molecule has 0 heterocycles. The Morgan fingerprint density at radius 2 is 1.67 bits per heavy atom. The molecule has 0 saturated carbocycles. The predicted octanol–water partition coefficient (Wildman–Crippen LogP) is 1.79. The molecule has 0 spiro atoms. The Hall–Kier alpha value is -2.91. The number of aromatic carboxylic acids is 1. The third-order valence-corrected chi connectivity index (χ3v) is 4.94. The molecule has 8 nitrogen and oxygen atoms in total. The van der Waals surface area contributed by atoms with Crippen LogP contribution in [0.1, 0.15) is 15.9 Å². The molecule has 0 unspecified atom stereocenters. The Bertz CT molecular complexity index is 908. The molecule has 9 heteroatoms. The van der Waals surface area contributed by atoms with E-state index in [1.165, 1.54) is 35.6 Å². The van der Waals surface area contributed by atoms with Crippen LogP contribution in [0.25, 0.3) is 0 Å². The molecule has 2 N–H and O–H groups in total. The van der Waals surface area contributed by atoms with Crippen molar-refractivity contribution in [2.75, 3.05) is 25.2 Å². The van der Waals surface area contributed by atoms with Gasteiger partial charge in [-0.2, -0.15) is 0 Å². The molecule has 0 aliphatic heterocycles. The van der Waals surface area contributed by atoms with E-state index in [1.54, 1.807) is 24.3 Å². The second-order valence-corrected chi connectivity index (χ2v) is 7.97. The molecule has 1 amide bonds. The van der Waals surface area contributed by atoms with Gasteiger partial charge in [-0.1, -0.05) is 12.1 Å². The Labute approximate surface area is 157 Å². The van der Waals surface area contributed by atoms with Gasteiger partial charge in [0.1, 0.15) is 5.75 Å². The number of amides is 1. The van der Waals surface area contributed by atoms with Crippen molar-refractivity contribution in [1.82, 2.24) is 4.31 Å². The van der Waals surface area contributed by atoms with Gasteiger partial charge in [0.25, 0.3) is 5.91 Å². The van der Waals surface area contributed by atoms with Crippen LogP contribution in [0.5, 0.6) is 5.75 Å². The van der Waals surface area contributed by atoms with Gasteiger partial charge in [0, 0.05) is 19.3 Å². The van der Waals surface area contributed by atoms with Gasteiger partial charge >= 0.3 is 5.97 Å². The van der Waals surface area contributed by atoms with Crippen LogP contribution in [0, 0.1) is 0 Å². The molecule has 0 fully saturated rings. The SMILES string of the molecule is CN(Cc1ccc(OCC(=O)Nc2ccc(C(=O)O)cc2)cc1)S(C)(=O)=O. The highest BCUT2D eigenvalue weighted by Gasteiger charge is 2.11. The molecule has 0 aromatic heterocycles. The van der Waals surface area contributed by atoms with E-state index in [0.717, 1.165) is 11.8 Å². The summed E-state index contributed by atoms with van der Waals surface area (Å²) < 4.78 is 29.4. The van der Waals surface area contributed by atoms with Crippen molar-refractivity contribution in [2.24, 2.45) is 0 Å². The Balaban J connectivity index is 1.85. The van der Waals surface area contributed by atoms with Gasteiger partial charge in [-0.05, 0) is 42.0 Å². The summed E-state index contributed by atoms with van der Waals surface area (Å²) in [5, 5.41) is 11.4. The van der Waals surface area contributed by atoms with Crippen molar-refractivity contribution in [3.05, 3.63) is 59.7 Å². The second kappa shape index (κ2) is 8.65. The fourth-order valence-electron chi connectivity index (χ4n) is 2.11. The number of nitrogens with one attached hydrogen (secondary N) is 1. The van der Waals surface area contributed by atoms with Gasteiger partial charge in [0.15, 0.2) is 6.61 Å². The Morgan fingerprint density at radius 1 is 1.07 bits per heavy atom. The molecule has 0 aliphatic carbocycles. The van der Waals surface area contributed by atoms with Crippen LogP contribution in [0.2, 0.25) is 0 Å². The zero-order valence-corrected chi connectivity index (χ0v) is 15.7. The van der Waals surface area contributed by atoms with E-state index in [2.05, 4.69) is 5.32 Å². The summed E-state index contributed by atoms with van der Waals surface area (Å²) in [6, 6.07) is 12.5. The van der Waals surface area contributed by atoms with Crippen molar-refractivity contribution >= 4 is 27.6 Å². The van der Waals surface area contributed by atoms with E-state index in [1.807, 2.05) is 0 Å². The third kappa shape index (κ3) is 6.39. The molecular weight excluding hydrogens is 372 g/mol. The van der Waals surface area contributed by atoms with E-state index in [0.29, 0.717) is 11.4 Å². The summed E-state index contributed by atoms with van der Waals surface area (Å²) in [7, 11) is -1.76. The molecular formula is C18H20N2O6S. The van der Waals surface area contributed by atoms with E-state index in [4.69, 9.17) is 9.84 Å². The van der Waals surface area contributed by atoms with Crippen LogP contribution in [0.3, 0.4) is 0 Å². The highest BCUT2D eigenvalue weighted by atomic mass is 32.2. The number of benzene rings is 2. The zero-order chi connectivity index (χ0) is 20.0. The van der Waals surface area contributed by atoms with Crippen molar-refractivity contribution in [3.8, 4) is 5.75 Å². The molecule has 2 aromatic carbocycles. The first-order chi connectivity index (χ1) is 12.6. The molecule has 2 rings (SSSR count). The maximum Gasteiger partial charge on any atom is 0.335 e. The monoisotopic (exact) mass is 392 g/mol. The van der Waals surface area contributed by atoms with E-state index in [9.17, 15) is 18.0 Å². The van der Waals surface area contributed by atoms with Crippen molar-refractivity contribution in [3.63, 3.8) is 0 Å². The molecule has 0 atom stereocenters. The van der Waals surface area contributed by atoms with Crippen LogP contribution in [0.4, 0.5) is 5.69 Å². The number of carboxylic acids is 1. The average molecular weight is 392 g/mol. The number of hydrogen-bond acceptors (Lipinski definition) is 5. The summed E-state index contributed by atoms with van der Waals surface area (Å²) in [5.41, 5.74) is 1.39. The average Bonchev–Trinajstić information content (AvgIpc) is 2.61. The quantitative estimate of drug-likeness (QED) is 0.708. The highest BCUT2D eigenvalue weighted by molar-refractivity contribution is 7.88. The van der Waals surface area contributed by atoms with Gasteiger partial charge in [-0.3, -0.25) is 4.79 Å². The minimum Gasteiger partial charge on any atom is -0.484 e. The topological polar surface area (TPSA) is 113 Å². The summed E-state index contributed by atoms with van der Waals surface area (Å²) in [4.78, 5) is 22.7. The normalized spacial score (nSPS) is 11.2. The van der Waals surface area contributed by atoms with Gasteiger partial charge in [0.05, 0.1) is 11.8 Å². The number of carbonyl (C=O) groups excluding carboxylic acids is 1. The molecule has 2 aromatic rings. The largest absolute Gasteiger partial charge is 0.484 e. The molecule has 144 valence electrons. The van der Waals surface area contributed by atoms with Crippen LogP contribution in [-0.2, 0) is 21.4 Å². The van der Waals surface area contributed by atoms with Crippen LogP contribution < -0.4 is 10.1 Å². The number of sulfonamides is 1. The predicted molar refractivity (Wildman–Crippen MR) is 100 cm³/mol. The van der Waals surface area contributed by atoms with Gasteiger partial charge in [0.2, 0.25) is 10.0 Å². The molecule has 0 radical (unpaired) electrons. The maximum atomic E-state index is 11.9. The lowest BCUT2D eigenvalue weighted by Gasteiger charge is -2.14. The number of rotatable bonds is 8. The van der Waals surface area contributed by atoms with E-state index >= 15 is 0 Å². The first-order valence-corrected chi connectivity index (χ1v) is 9.76. The number of ether oxygens (including phenoxy) is 1. The number of carboxylic acid groups (broad SMARTS) is 1. The Kier molecular flexibility index (Phi) is 6.54. The van der Waals surface area contributed by atoms with Crippen LogP contribution >= 0.6 is 0 Å². The summed E-state index contributed by atoms with van der Waals surface area (Å²) in [6.07, 6.45) is 1.14. The molecule has 0 aliphatic rings. The fraction of sp³-hybridized carbons (Fsp3) is 0.222. The summed E-state index contributed by atoms with van der Waals surface area (Å²) in [5.74, 6) is -0.960. The van der Waals surface area contributed by atoms with Gasteiger partial charge in [-0.25, -0.2) is 17.5 Å². The summed E-state index contributed by atoms with van der Waals surface area (Å²) >= 11 is 0. The number of carbonyl (C=O) groups is 2. The molecule has 0 saturated heterocycles. The number of hydrogen-bond donors (Lipinski definition) is 2. The van der Waals surface area contributed by atoms with Crippen molar-refractivity contribution < 1.29 is 27.9 Å². The smallest absolute Gasteiger partial charge is 0.335 e. The minimum atomic E-state index is -3.25. The van der Waals surface area contributed by atoms with E-state index < -0.39 is 16.0 Å². The van der Waals surface area contributed by atoms with E-state index in [-0.39, 0.29) is 24.6 Å². The number of nitrogens with zero attached hydrogens (tertiary/aromatic N) is 1. The highest BCUT2D eigenvalue weighted by Crippen LogP contribution is 2.15. The van der Waals surface area contributed by atoms with Crippen LogP contribution in [0.15, 0.2) is 48.5 Å². The fourth-order valence-corrected chi connectivity index (χ4v) is 2.49. The van der Waals surface area contributed by atoms with Crippen molar-refractivity contribution in [1.29, 1.82) is 0 Å². The third-order valence-electron chi connectivity index (χ3n) is 3.68.